The van der Waals surface area contributed by atoms with Gasteiger partial charge in [0.25, 0.3) is 0 Å². The van der Waals surface area contributed by atoms with Crippen molar-refractivity contribution in [3.63, 3.8) is 0 Å². The van der Waals surface area contributed by atoms with E-state index in [4.69, 9.17) is 24.3 Å². The molecule has 1 aromatic heterocycles. The van der Waals surface area contributed by atoms with Crippen molar-refractivity contribution in [2.24, 2.45) is 0 Å². The second kappa shape index (κ2) is 26.0. The molecule has 2 rings (SSSR count). The largest absolute Gasteiger partial charge is 0.394 e. The molecule has 0 saturated carbocycles. The highest BCUT2D eigenvalue weighted by atomic mass is 31.2. The standard InChI is InChI=1S/C35H60N3O7P/c1-2-3-4-5-6-7-8-9-10-11-12-13-14-15-16-20-25-42-26-27-44-46(41,45-30-32-21-18-17-19-22-32)31-43-33(29-39)28-38-24-23-34(36)37-35(38)40/h17-19,21-24,33,39H,2-16,20,25-31H2,1H3,(H2,36,37,40)/t33-,46-/m1/s1. The molecule has 0 unspecified atom stereocenters. The second-order valence-corrected chi connectivity index (χ2v) is 14.0. The van der Waals surface area contributed by atoms with E-state index in [0.717, 1.165) is 18.4 Å². The Morgan fingerprint density at radius 3 is 1.96 bits per heavy atom. The Kier molecular flexibility index (Phi) is 22.6. The van der Waals surface area contributed by atoms with Crippen molar-refractivity contribution in [1.29, 1.82) is 0 Å². The number of aromatic nitrogens is 2. The normalized spacial score (nSPS) is 13.5. The van der Waals surface area contributed by atoms with E-state index in [1.165, 1.54) is 107 Å². The van der Waals surface area contributed by atoms with Crippen LogP contribution in [0.1, 0.15) is 115 Å². The van der Waals surface area contributed by atoms with Gasteiger partial charge in [-0.15, -0.1) is 0 Å². The van der Waals surface area contributed by atoms with Gasteiger partial charge in [-0.25, -0.2) is 4.79 Å². The van der Waals surface area contributed by atoms with Crippen LogP contribution in [0.4, 0.5) is 5.82 Å². The second-order valence-electron chi connectivity index (χ2n) is 12.0. The Hall–Kier alpha value is -2.07. The van der Waals surface area contributed by atoms with Gasteiger partial charge < -0.3 is 29.4 Å². The van der Waals surface area contributed by atoms with Crippen LogP contribution in [0.3, 0.4) is 0 Å². The summed E-state index contributed by atoms with van der Waals surface area (Å²) >= 11 is 0. The molecular weight excluding hydrogens is 605 g/mol. The van der Waals surface area contributed by atoms with Crippen LogP contribution >= 0.6 is 7.60 Å². The van der Waals surface area contributed by atoms with Crippen LogP contribution in [-0.4, -0.2) is 53.5 Å². The number of anilines is 1. The molecule has 3 N–H and O–H groups in total. The summed E-state index contributed by atoms with van der Waals surface area (Å²) < 4.78 is 37.6. The number of nitrogen functional groups attached to an aromatic ring is 1. The molecule has 2 aromatic rings. The Morgan fingerprint density at radius 2 is 1.39 bits per heavy atom. The van der Waals surface area contributed by atoms with Crippen molar-refractivity contribution in [1.82, 2.24) is 9.55 Å². The van der Waals surface area contributed by atoms with Crippen molar-refractivity contribution in [2.45, 2.75) is 129 Å². The highest BCUT2D eigenvalue weighted by Crippen LogP contribution is 2.49. The Morgan fingerprint density at radius 1 is 0.804 bits per heavy atom. The maximum atomic E-state index is 13.6. The van der Waals surface area contributed by atoms with Crippen LogP contribution in [0.5, 0.6) is 0 Å². The van der Waals surface area contributed by atoms with Crippen LogP contribution < -0.4 is 11.4 Å². The van der Waals surface area contributed by atoms with Gasteiger partial charge in [-0.3, -0.25) is 9.13 Å². The Balaban J connectivity index is 1.58. The quantitative estimate of drug-likeness (QED) is 0.0631. The lowest BCUT2D eigenvalue weighted by Crippen LogP contribution is -2.32. The number of aliphatic hydroxyl groups excluding tert-OH is 1. The fraction of sp³-hybridized carbons (Fsp3) is 0.714. The van der Waals surface area contributed by atoms with Crippen molar-refractivity contribution in [3.05, 3.63) is 58.6 Å². The number of nitrogens with two attached hydrogens (primary N) is 1. The lowest BCUT2D eigenvalue weighted by molar-refractivity contribution is 0.0112. The Bertz CT molecular complexity index is 1120. The fourth-order valence-electron chi connectivity index (χ4n) is 5.11. The van der Waals surface area contributed by atoms with Crippen LogP contribution in [0, 0.1) is 0 Å². The maximum absolute atomic E-state index is 13.6. The lowest BCUT2D eigenvalue weighted by Gasteiger charge is -2.22. The molecular formula is C35H60N3O7P. The van der Waals surface area contributed by atoms with Crippen LogP contribution in [-0.2, 0) is 36.2 Å². The third-order valence-electron chi connectivity index (χ3n) is 7.90. The van der Waals surface area contributed by atoms with Gasteiger partial charge in [0.2, 0.25) is 0 Å². The van der Waals surface area contributed by atoms with Gasteiger partial charge in [-0.1, -0.05) is 134 Å². The molecule has 11 heteroatoms. The summed E-state index contributed by atoms with van der Waals surface area (Å²) in [7, 11) is -3.71. The average molecular weight is 666 g/mol. The number of hydrogen-bond acceptors (Lipinski definition) is 9. The van der Waals surface area contributed by atoms with E-state index in [2.05, 4.69) is 11.9 Å². The molecule has 0 amide bonds. The van der Waals surface area contributed by atoms with Gasteiger partial charge in [-0.05, 0) is 18.1 Å². The summed E-state index contributed by atoms with van der Waals surface area (Å²) in [6.45, 7) is 2.94. The van der Waals surface area contributed by atoms with Gasteiger partial charge in [-0.2, -0.15) is 4.98 Å². The zero-order valence-electron chi connectivity index (χ0n) is 28.2. The summed E-state index contributed by atoms with van der Waals surface area (Å²) in [5, 5.41) is 9.81. The van der Waals surface area contributed by atoms with Crippen molar-refractivity contribution < 1.29 is 28.2 Å². The van der Waals surface area contributed by atoms with Crippen molar-refractivity contribution in [2.75, 3.05) is 38.5 Å². The first-order valence-corrected chi connectivity index (χ1v) is 19.2. The molecule has 0 saturated heterocycles. The third-order valence-corrected chi connectivity index (χ3v) is 9.46. The van der Waals surface area contributed by atoms with E-state index in [1.807, 2.05) is 30.3 Å². The highest BCUT2D eigenvalue weighted by molar-refractivity contribution is 7.53. The number of unbranched alkanes of at least 4 members (excludes halogenated alkanes) is 15. The van der Waals surface area contributed by atoms with Gasteiger partial charge in [0.05, 0.1) is 39.1 Å². The number of hydrogen-bond donors (Lipinski definition) is 2. The predicted molar refractivity (Wildman–Crippen MR) is 185 cm³/mol. The number of rotatable bonds is 30. The zero-order valence-corrected chi connectivity index (χ0v) is 29.1. The van der Waals surface area contributed by atoms with Gasteiger partial charge in [0.1, 0.15) is 12.2 Å². The summed E-state index contributed by atoms with van der Waals surface area (Å²) in [4.78, 5) is 15.7. The van der Waals surface area contributed by atoms with Crippen molar-refractivity contribution in [3.8, 4) is 0 Å². The first-order chi connectivity index (χ1) is 22.5. The fourth-order valence-corrected chi connectivity index (χ4v) is 6.42. The number of nitrogens with zero attached hydrogens (tertiary/aromatic N) is 2. The van der Waals surface area contributed by atoms with E-state index in [1.54, 1.807) is 0 Å². The van der Waals surface area contributed by atoms with E-state index in [0.29, 0.717) is 6.61 Å². The smallest absolute Gasteiger partial charge is 0.356 e. The first-order valence-electron chi connectivity index (χ1n) is 17.5. The topological polar surface area (TPSA) is 135 Å². The molecule has 0 fully saturated rings. The molecule has 10 nitrogen and oxygen atoms in total. The molecule has 0 spiro atoms. The van der Waals surface area contributed by atoms with E-state index >= 15 is 0 Å². The minimum Gasteiger partial charge on any atom is -0.394 e. The van der Waals surface area contributed by atoms with Crippen LogP contribution in [0.15, 0.2) is 47.4 Å². The molecule has 1 aromatic carbocycles. The van der Waals surface area contributed by atoms with Gasteiger partial charge in [0, 0.05) is 12.8 Å². The first kappa shape index (κ1) is 40.1. The van der Waals surface area contributed by atoms with Gasteiger partial charge >= 0.3 is 13.3 Å². The average Bonchev–Trinajstić information content (AvgIpc) is 3.06. The van der Waals surface area contributed by atoms with Gasteiger partial charge in [0.15, 0.2) is 0 Å². The summed E-state index contributed by atoms with van der Waals surface area (Å²) in [5.41, 5.74) is 5.82. The monoisotopic (exact) mass is 665 g/mol. The van der Waals surface area contributed by atoms with Crippen molar-refractivity contribution >= 4 is 13.4 Å². The number of aliphatic hydroxyl groups is 1. The van der Waals surface area contributed by atoms with E-state index in [-0.39, 0.29) is 38.5 Å². The van der Waals surface area contributed by atoms with Crippen LogP contribution in [0.25, 0.3) is 0 Å². The summed E-state index contributed by atoms with van der Waals surface area (Å²) in [6, 6.07) is 10.8. The minimum absolute atomic E-state index is 0.00369. The molecule has 1 heterocycles. The molecule has 0 aliphatic carbocycles. The zero-order chi connectivity index (χ0) is 33.1. The maximum Gasteiger partial charge on any atom is 0.356 e. The molecule has 262 valence electrons. The molecule has 0 radical (unpaired) electrons. The summed E-state index contributed by atoms with van der Waals surface area (Å²) in [6.07, 6.45) is 21.4. The molecule has 2 atom stereocenters. The highest BCUT2D eigenvalue weighted by Gasteiger charge is 2.27. The SMILES string of the molecule is CCCCCCCCCCCCCCCCCCOCCO[P@](=O)(CO[C@@H](CO)Cn1ccc(N)nc1=O)OCc1ccccc1. The molecule has 0 aliphatic heterocycles. The number of ether oxygens (including phenoxy) is 2. The summed E-state index contributed by atoms with van der Waals surface area (Å²) in [5.74, 6) is 0.104. The Labute approximate surface area is 276 Å². The molecule has 0 bridgehead atoms. The van der Waals surface area contributed by atoms with E-state index in [9.17, 15) is 14.5 Å². The third kappa shape index (κ3) is 19.6. The van der Waals surface area contributed by atoms with E-state index < -0.39 is 26.0 Å². The molecule has 46 heavy (non-hydrogen) atoms. The predicted octanol–water partition coefficient (Wildman–Crippen LogP) is 7.87. The minimum atomic E-state index is -3.71. The lowest BCUT2D eigenvalue weighted by atomic mass is 10.0. The van der Waals surface area contributed by atoms with Crippen LogP contribution in [0.2, 0.25) is 0 Å². The molecule has 0 aliphatic rings. The number of benzene rings is 1.